The molecule has 0 fully saturated rings. The van der Waals surface area contributed by atoms with E-state index in [1.165, 1.54) is 5.56 Å². The van der Waals surface area contributed by atoms with Gasteiger partial charge < -0.3 is 4.74 Å². The molecule has 0 amide bonds. The van der Waals surface area contributed by atoms with Crippen molar-refractivity contribution in [1.82, 2.24) is 0 Å². The fourth-order valence-corrected chi connectivity index (χ4v) is 2.59. The monoisotopic (exact) mass is 238 g/mol. The fraction of sp³-hybridized carbons (Fsp3) is 0.571. The molecule has 2 heteroatoms. The Morgan fingerprint density at radius 2 is 1.94 bits per heavy atom. The van der Waals surface area contributed by atoms with Crippen LogP contribution in [0.5, 0.6) is 0 Å². The highest BCUT2D eigenvalue weighted by Crippen LogP contribution is 2.15. The third kappa shape index (κ3) is 5.57. The van der Waals surface area contributed by atoms with Gasteiger partial charge in [0.05, 0.1) is 6.10 Å². The normalized spacial score (nSPS) is 12.6. The van der Waals surface area contributed by atoms with Crippen molar-refractivity contribution in [2.75, 3.05) is 12.4 Å². The minimum atomic E-state index is 0.425. The van der Waals surface area contributed by atoms with Gasteiger partial charge in [-0.3, -0.25) is 0 Å². The summed E-state index contributed by atoms with van der Waals surface area (Å²) in [6, 6.07) is 10.6. The Kier molecular flexibility index (Phi) is 7.35. The van der Waals surface area contributed by atoms with Crippen LogP contribution in [0.3, 0.4) is 0 Å². The van der Waals surface area contributed by atoms with E-state index >= 15 is 0 Å². The van der Waals surface area contributed by atoms with Crippen LogP contribution in [0.2, 0.25) is 0 Å². The first-order valence-corrected chi connectivity index (χ1v) is 7.25. The molecule has 1 atom stereocenters. The SMILES string of the molecule is CCCOC(CC)CSCc1ccccc1. The summed E-state index contributed by atoms with van der Waals surface area (Å²) in [5, 5.41) is 0. The van der Waals surface area contributed by atoms with E-state index in [-0.39, 0.29) is 0 Å². The molecule has 1 rings (SSSR count). The highest BCUT2D eigenvalue weighted by molar-refractivity contribution is 7.98. The van der Waals surface area contributed by atoms with Crippen LogP contribution < -0.4 is 0 Å². The molecular formula is C14H22OS. The van der Waals surface area contributed by atoms with E-state index in [2.05, 4.69) is 44.2 Å². The van der Waals surface area contributed by atoms with Crippen LogP contribution >= 0.6 is 11.8 Å². The van der Waals surface area contributed by atoms with Crippen molar-refractivity contribution in [3.63, 3.8) is 0 Å². The third-order valence-corrected chi connectivity index (χ3v) is 3.57. The van der Waals surface area contributed by atoms with Gasteiger partial charge in [-0.1, -0.05) is 44.2 Å². The van der Waals surface area contributed by atoms with Gasteiger partial charge in [0.25, 0.3) is 0 Å². The summed E-state index contributed by atoms with van der Waals surface area (Å²) in [5.74, 6) is 2.19. The van der Waals surface area contributed by atoms with Crippen molar-refractivity contribution in [3.05, 3.63) is 35.9 Å². The van der Waals surface area contributed by atoms with Gasteiger partial charge in [-0.05, 0) is 18.4 Å². The summed E-state index contributed by atoms with van der Waals surface area (Å²) in [4.78, 5) is 0. The van der Waals surface area contributed by atoms with Gasteiger partial charge in [0.1, 0.15) is 0 Å². The predicted molar refractivity (Wildman–Crippen MR) is 72.9 cm³/mol. The van der Waals surface area contributed by atoms with E-state index in [4.69, 9.17) is 4.74 Å². The largest absolute Gasteiger partial charge is 0.377 e. The fourth-order valence-electron chi connectivity index (χ4n) is 1.45. The van der Waals surface area contributed by atoms with E-state index in [0.717, 1.165) is 31.0 Å². The lowest BCUT2D eigenvalue weighted by atomic mass is 10.2. The van der Waals surface area contributed by atoms with Crippen LogP contribution in [-0.4, -0.2) is 18.5 Å². The zero-order chi connectivity index (χ0) is 11.6. The molecule has 0 aliphatic heterocycles. The first-order valence-electron chi connectivity index (χ1n) is 6.10. The highest BCUT2D eigenvalue weighted by Gasteiger charge is 2.05. The molecule has 0 radical (unpaired) electrons. The summed E-state index contributed by atoms with van der Waals surface area (Å²) in [6.45, 7) is 5.25. The quantitative estimate of drug-likeness (QED) is 0.673. The third-order valence-electron chi connectivity index (χ3n) is 2.43. The number of rotatable bonds is 8. The summed E-state index contributed by atoms with van der Waals surface area (Å²) in [5.41, 5.74) is 1.40. The van der Waals surface area contributed by atoms with Gasteiger partial charge in [-0.15, -0.1) is 0 Å². The standard InChI is InChI=1S/C14H22OS/c1-3-10-15-14(4-2)12-16-11-13-8-6-5-7-9-13/h5-9,14H,3-4,10-12H2,1-2H3. The topological polar surface area (TPSA) is 9.23 Å². The second-order valence-corrected chi connectivity index (χ2v) is 4.93. The molecule has 16 heavy (non-hydrogen) atoms. The minimum Gasteiger partial charge on any atom is -0.377 e. The molecule has 0 saturated heterocycles. The zero-order valence-corrected chi connectivity index (χ0v) is 11.1. The molecule has 0 N–H and O–H groups in total. The Labute approximate surface area is 104 Å². The van der Waals surface area contributed by atoms with Crippen LogP contribution in [0, 0.1) is 0 Å². The summed E-state index contributed by atoms with van der Waals surface area (Å²) in [7, 11) is 0. The number of ether oxygens (including phenoxy) is 1. The Morgan fingerprint density at radius 3 is 2.56 bits per heavy atom. The van der Waals surface area contributed by atoms with Crippen LogP contribution in [-0.2, 0) is 10.5 Å². The second kappa shape index (κ2) is 8.66. The van der Waals surface area contributed by atoms with Crippen molar-refractivity contribution in [2.45, 2.75) is 38.5 Å². The first kappa shape index (κ1) is 13.6. The molecule has 0 bridgehead atoms. The van der Waals surface area contributed by atoms with Gasteiger partial charge >= 0.3 is 0 Å². The van der Waals surface area contributed by atoms with E-state index in [1.54, 1.807) is 0 Å². The average Bonchev–Trinajstić information content (AvgIpc) is 2.35. The molecule has 0 aromatic heterocycles. The van der Waals surface area contributed by atoms with Crippen LogP contribution in [0.25, 0.3) is 0 Å². The van der Waals surface area contributed by atoms with Gasteiger partial charge in [-0.2, -0.15) is 11.8 Å². The molecular weight excluding hydrogens is 216 g/mol. The maximum absolute atomic E-state index is 5.76. The molecule has 0 saturated carbocycles. The number of thioether (sulfide) groups is 1. The number of benzene rings is 1. The Morgan fingerprint density at radius 1 is 1.19 bits per heavy atom. The molecule has 0 aliphatic rings. The van der Waals surface area contributed by atoms with Crippen LogP contribution in [0.15, 0.2) is 30.3 Å². The maximum Gasteiger partial charge on any atom is 0.0662 e. The summed E-state index contributed by atoms with van der Waals surface area (Å²) >= 11 is 1.96. The molecule has 1 aromatic carbocycles. The number of hydrogen-bond donors (Lipinski definition) is 0. The summed E-state index contributed by atoms with van der Waals surface area (Å²) < 4.78 is 5.76. The molecule has 1 aromatic rings. The molecule has 0 aliphatic carbocycles. The van der Waals surface area contributed by atoms with E-state index in [9.17, 15) is 0 Å². The van der Waals surface area contributed by atoms with E-state index in [1.807, 2.05) is 11.8 Å². The lowest BCUT2D eigenvalue weighted by Crippen LogP contribution is -2.15. The van der Waals surface area contributed by atoms with Gasteiger partial charge in [0, 0.05) is 18.1 Å². The van der Waals surface area contributed by atoms with Crippen LogP contribution in [0.4, 0.5) is 0 Å². The van der Waals surface area contributed by atoms with Crippen molar-refractivity contribution >= 4 is 11.8 Å². The molecule has 1 nitrogen and oxygen atoms in total. The number of hydrogen-bond acceptors (Lipinski definition) is 2. The Balaban J connectivity index is 2.18. The molecule has 1 unspecified atom stereocenters. The van der Waals surface area contributed by atoms with Crippen LogP contribution in [0.1, 0.15) is 32.3 Å². The van der Waals surface area contributed by atoms with Gasteiger partial charge in [-0.25, -0.2) is 0 Å². The van der Waals surface area contributed by atoms with Gasteiger partial charge in [0.2, 0.25) is 0 Å². The van der Waals surface area contributed by atoms with E-state index < -0.39 is 0 Å². The molecule has 0 spiro atoms. The van der Waals surface area contributed by atoms with Crippen molar-refractivity contribution in [2.24, 2.45) is 0 Å². The second-order valence-electron chi connectivity index (χ2n) is 3.90. The smallest absolute Gasteiger partial charge is 0.0662 e. The molecule has 0 heterocycles. The highest BCUT2D eigenvalue weighted by atomic mass is 32.2. The van der Waals surface area contributed by atoms with E-state index in [0.29, 0.717) is 6.10 Å². The Hall–Kier alpha value is -0.470. The van der Waals surface area contributed by atoms with Crippen molar-refractivity contribution < 1.29 is 4.74 Å². The van der Waals surface area contributed by atoms with Gasteiger partial charge in [0.15, 0.2) is 0 Å². The first-order chi connectivity index (χ1) is 7.86. The Bertz CT molecular complexity index is 261. The maximum atomic E-state index is 5.76. The molecule has 90 valence electrons. The predicted octanol–water partition coefficient (Wildman–Crippen LogP) is 4.13. The van der Waals surface area contributed by atoms with Crippen molar-refractivity contribution in [1.29, 1.82) is 0 Å². The minimum absolute atomic E-state index is 0.425. The van der Waals surface area contributed by atoms with Crippen molar-refractivity contribution in [3.8, 4) is 0 Å². The summed E-state index contributed by atoms with van der Waals surface area (Å²) in [6.07, 6.45) is 2.65. The lowest BCUT2D eigenvalue weighted by molar-refractivity contribution is 0.0674. The zero-order valence-electron chi connectivity index (χ0n) is 10.3. The average molecular weight is 238 g/mol. The lowest BCUT2D eigenvalue weighted by Gasteiger charge is -2.15.